The van der Waals surface area contributed by atoms with E-state index in [-0.39, 0.29) is 6.61 Å². The molecule has 0 unspecified atom stereocenters. The van der Waals surface area contributed by atoms with Crippen molar-refractivity contribution < 1.29 is 16.8 Å². The molecule has 0 rings (SSSR count). The van der Waals surface area contributed by atoms with E-state index in [1.54, 1.807) is 20.8 Å². The molecule has 80 valence electrons. The van der Waals surface area contributed by atoms with Crippen molar-refractivity contribution in [3.63, 3.8) is 0 Å². The lowest BCUT2D eigenvalue weighted by molar-refractivity contribution is 0.0525. The van der Waals surface area contributed by atoms with E-state index in [1.807, 2.05) is 0 Å². The van der Waals surface area contributed by atoms with Crippen molar-refractivity contribution in [2.45, 2.75) is 39.3 Å². The third-order valence-electron chi connectivity index (χ3n) is 1.73. The Bertz CT molecular complexity index is 233. The van der Waals surface area contributed by atoms with E-state index < -0.39 is 16.1 Å². The molecule has 0 fully saturated rings. The number of hydrogen-bond acceptors (Lipinski definition) is 5. The van der Waals surface area contributed by atoms with Gasteiger partial charge >= 0.3 is 10.4 Å². The van der Waals surface area contributed by atoms with Crippen LogP contribution in [0.2, 0.25) is 0 Å². The van der Waals surface area contributed by atoms with Gasteiger partial charge in [-0.2, -0.15) is 8.42 Å². The summed E-state index contributed by atoms with van der Waals surface area (Å²) in [5.74, 6) is 0. The van der Waals surface area contributed by atoms with Crippen LogP contribution in [0.15, 0.2) is 0 Å². The summed E-state index contributed by atoms with van der Waals surface area (Å²) in [5.41, 5.74) is 4.49. The number of rotatable bonds is 6. The average molecular weight is 211 g/mol. The maximum absolute atomic E-state index is 11.0. The molecule has 0 saturated carbocycles. The second-order valence-corrected chi connectivity index (χ2v) is 3.89. The standard InChI is InChI=1S/C7H17NO4S/c1-4-7(8,5-2)12-13(9,10)11-6-3/h4-6,8H2,1-3H3. The molecule has 0 aromatic rings. The first kappa shape index (κ1) is 12.8. The summed E-state index contributed by atoms with van der Waals surface area (Å²) < 4.78 is 31.2. The van der Waals surface area contributed by atoms with Crippen molar-refractivity contribution in [2.75, 3.05) is 6.61 Å². The van der Waals surface area contributed by atoms with Gasteiger partial charge in [-0.15, -0.1) is 0 Å². The molecule has 13 heavy (non-hydrogen) atoms. The molecule has 2 N–H and O–H groups in total. The van der Waals surface area contributed by atoms with Crippen LogP contribution in [0.4, 0.5) is 0 Å². The van der Waals surface area contributed by atoms with Crippen LogP contribution in [-0.2, 0) is 18.8 Å². The van der Waals surface area contributed by atoms with Gasteiger partial charge in [-0.3, -0.25) is 0 Å². The van der Waals surface area contributed by atoms with Crippen LogP contribution in [-0.4, -0.2) is 20.7 Å². The van der Waals surface area contributed by atoms with E-state index >= 15 is 0 Å². The number of hydrogen-bond donors (Lipinski definition) is 1. The fourth-order valence-corrected chi connectivity index (χ4v) is 1.72. The van der Waals surface area contributed by atoms with Gasteiger partial charge in [0.1, 0.15) is 5.72 Å². The van der Waals surface area contributed by atoms with Crippen LogP contribution >= 0.6 is 0 Å². The fraction of sp³-hybridized carbons (Fsp3) is 1.00. The Balaban J connectivity index is 4.40. The van der Waals surface area contributed by atoms with E-state index in [0.29, 0.717) is 12.8 Å². The normalized spacial score (nSPS) is 13.2. The lowest BCUT2D eigenvalue weighted by atomic mass is 10.1. The van der Waals surface area contributed by atoms with Gasteiger partial charge in [0.05, 0.1) is 6.61 Å². The summed E-state index contributed by atoms with van der Waals surface area (Å²) in [4.78, 5) is 0. The molecular weight excluding hydrogens is 194 g/mol. The molecule has 0 aliphatic rings. The summed E-state index contributed by atoms with van der Waals surface area (Å²) in [6, 6.07) is 0. The van der Waals surface area contributed by atoms with E-state index in [2.05, 4.69) is 4.18 Å². The number of nitrogens with two attached hydrogens (primary N) is 1. The van der Waals surface area contributed by atoms with E-state index in [9.17, 15) is 8.42 Å². The highest BCUT2D eigenvalue weighted by Gasteiger charge is 2.29. The third-order valence-corrected chi connectivity index (χ3v) is 2.79. The molecule has 0 radical (unpaired) electrons. The van der Waals surface area contributed by atoms with Gasteiger partial charge in [0.15, 0.2) is 0 Å². The average Bonchev–Trinajstić information content (AvgIpc) is 2.03. The third kappa shape index (κ3) is 4.56. The maximum Gasteiger partial charge on any atom is 0.401 e. The van der Waals surface area contributed by atoms with E-state index in [0.717, 1.165) is 0 Å². The van der Waals surface area contributed by atoms with Crippen molar-refractivity contribution in [2.24, 2.45) is 5.73 Å². The molecule has 0 spiro atoms. The van der Waals surface area contributed by atoms with Crippen molar-refractivity contribution in [3.05, 3.63) is 0 Å². The van der Waals surface area contributed by atoms with Gasteiger partial charge in [-0.05, 0) is 19.8 Å². The van der Waals surface area contributed by atoms with Gasteiger partial charge in [0.2, 0.25) is 0 Å². The lowest BCUT2D eigenvalue weighted by Crippen LogP contribution is -2.43. The van der Waals surface area contributed by atoms with Gasteiger partial charge < -0.3 is 5.73 Å². The molecule has 0 atom stereocenters. The van der Waals surface area contributed by atoms with Crippen LogP contribution in [0.25, 0.3) is 0 Å². The lowest BCUT2D eigenvalue weighted by Gasteiger charge is -2.24. The molecular formula is C7H17NO4S. The van der Waals surface area contributed by atoms with Crippen molar-refractivity contribution >= 4 is 10.4 Å². The Kier molecular flexibility index (Phi) is 4.83. The molecule has 0 amide bonds. The first-order valence-corrected chi connectivity index (χ1v) is 5.61. The molecule has 0 bridgehead atoms. The van der Waals surface area contributed by atoms with Crippen molar-refractivity contribution in [1.82, 2.24) is 0 Å². The van der Waals surface area contributed by atoms with Gasteiger partial charge in [-0.25, -0.2) is 8.37 Å². The Morgan fingerprint density at radius 3 is 2.00 bits per heavy atom. The summed E-state index contributed by atoms with van der Waals surface area (Å²) in [7, 11) is -3.94. The van der Waals surface area contributed by atoms with Crippen molar-refractivity contribution in [3.8, 4) is 0 Å². The minimum atomic E-state index is -3.94. The van der Waals surface area contributed by atoms with E-state index in [4.69, 9.17) is 9.92 Å². The van der Waals surface area contributed by atoms with Crippen LogP contribution in [0, 0.1) is 0 Å². The summed E-state index contributed by atoms with van der Waals surface area (Å²) in [6.07, 6.45) is 0.825. The van der Waals surface area contributed by atoms with Crippen LogP contribution < -0.4 is 5.73 Å². The smallest absolute Gasteiger partial charge is 0.302 e. The van der Waals surface area contributed by atoms with Crippen molar-refractivity contribution in [1.29, 1.82) is 0 Å². The Morgan fingerprint density at radius 1 is 1.23 bits per heavy atom. The summed E-state index contributed by atoms with van der Waals surface area (Å²) in [6.45, 7) is 5.12. The highest BCUT2D eigenvalue weighted by molar-refractivity contribution is 7.81. The zero-order chi connectivity index (χ0) is 10.5. The van der Waals surface area contributed by atoms with Gasteiger partial charge in [0, 0.05) is 0 Å². The molecule has 0 aromatic carbocycles. The predicted molar refractivity (Wildman–Crippen MR) is 49.1 cm³/mol. The first-order chi connectivity index (χ1) is 5.89. The predicted octanol–water partition coefficient (Wildman–Crippen LogP) is 0.759. The largest absolute Gasteiger partial charge is 0.401 e. The molecule has 0 heterocycles. The molecule has 0 aromatic heterocycles. The van der Waals surface area contributed by atoms with Crippen LogP contribution in [0.5, 0.6) is 0 Å². The van der Waals surface area contributed by atoms with Crippen LogP contribution in [0.1, 0.15) is 33.6 Å². The monoisotopic (exact) mass is 211 g/mol. The van der Waals surface area contributed by atoms with E-state index in [1.165, 1.54) is 0 Å². The SMILES string of the molecule is CCOS(=O)(=O)OC(N)(CC)CC. The topological polar surface area (TPSA) is 78.6 Å². The molecule has 0 saturated heterocycles. The minimum absolute atomic E-state index is 0.0475. The Morgan fingerprint density at radius 2 is 1.69 bits per heavy atom. The minimum Gasteiger partial charge on any atom is -0.302 e. The zero-order valence-corrected chi connectivity index (χ0v) is 9.06. The van der Waals surface area contributed by atoms with Gasteiger partial charge in [0.25, 0.3) is 0 Å². The molecule has 0 aliphatic carbocycles. The Hall–Kier alpha value is -0.170. The quantitative estimate of drug-likeness (QED) is 0.656. The summed E-state index contributed by atoms with van der Waals surface area (Å²) >= 11 is 0. The van der Waals surface area contributed by atoms with Crippen LogP contribution in [0.3, 0.4) is 0 Å². The Labute approximate surface area is 79.5 Å². The fourth-order valence-electron chi connectivity index (χ4n) is 0.740. The first-order valence-electron chi connectivity index (χ1n) is 4.28. The van der Waals surface area contributed by atoms with Gasteiger partial charge in [-0.1, -0.05) is 13.8 Å². The zero-order valence-electron chi connectivity index (χ0n) is 8.24. The highest BCUT2D eigenvalue weighted by atomic mass is 32.3. The highest BCUT2D eigenvalue weighted by Crippen LogP contribution is 2.16. The maximum atomic E-state index is 11.0. The molecule has 0 aliphatic heterocycles. The second kappa shape index (κ2) is 4.90. The molecule has 5 nitrogen and oxygen atoms in total. The summed E-state index contributed by atoms with van der Waals surface area (Å²) in [5, 5.41) is 0. The molecule has 6 heteroatoms. The second-order valence-electron chi connectivity index (χ2n) is 2.67.